The van der Waals surface area contributed by atoms with Gasteiger partial charge in [0, 0.05) is 0 Å². The van der Waals surface area contributed by atoms with Gasteiger partial charge in [0.15, 0.2) is 0 Å². The fourth-order valence-corrected chi connectivity index (χ4v) is 1.43. The molecule has 1 aromatic rings. The van der Waals surface area contributed by atoms with Crippen LogP contribution in [0.1, 0.15) is 25.0 Å². The maximum Gasteiger partial charge on any atom is 0.416 e. The summed E-state index contributed by atoms with van der Waals surface area (Å²) in [6, 6.07) is 2.82. The molecule has 0 aliphatic rings. The fraction of sp³-hybridized carbons (Fsp3) is 0.455. The molecule has 0 fully saturated rings. The van der Waals surface area contributed by atoms with Crippen LogP contribution in [-0.4, -0.2) is 0 Å². The van der Waals surface area contributed by atoms with Gasteiger partial charge in [-0.25, -0.2) is 4.39 Å². The first kappa shape index (κ1) is 12.0. The Kier molecular flexibility index (Phi) is 3.37. The minimum Gasteiger partial charge on any atom is -0.207 e. The van der Waals surface area contributed by atoms with Crippen LogP contribution in [-0.2, 0) is 12.6 Å². The Hall–Kier alpha value is -1.06. The lowest BCUT2D eigenvalue weighted by Crippen LogP contribution is -2.11. The molecule has 1 aromatic carbocycles. The lowest BCUT2D eigenvalue weighted by molar-refractivity contribution is -0.138. The zero-order valence-corrected chi connectivity index (χ0v) is 8.53. The summed E-state index contributed by atoms with van der Waals surface area (Å²) in [6.07, 6.45) is -4.18. The van der Waals surface area contributed by atoms with Crippen molar-refractivity contribution in [2.24, 2.45) is 5.92 Å². The van der Waals surface area contributed by atoms with Gasteiger partial charge in [-0.3, -0.25) is 0 Å². The summed E-state index contributed by atoms with van der Waals surface area (Å²) in [5, 5.41) is 0. The van der Waals surface area contributed by atoms with Crippen LogP contribution >= 0.6 is 0 Å². The molecule has 0 radical (unpaired) electrons. The van der Waals surface area contributed by atoms with Crippen LogP contribution in [0, 0.1) is 11.7 Å². The smallest absolute Gasteiger partial charge is 0.207 e. The molecule has 0 nitrogen and oxygen atoms in total. The number of benzene rings is 1. The summed E-state index contributed by atoms with van der Waals surface area (Å²) < 4.78 is 50.3. The van der Waals surface area contributed by atoms with Gasteiger partial charge in [-0.2, -0.15) is 13.2 Å². The van der Waals surface area contributed by atoms with Crippen LogP contribution in [0.2, 0.25) is 0 Å². The number of hydrogen-bond acceptors (Lipinski definition) is 0. The zero-order chi connectivity index (χ0) is 11.6. The van der Waals surface area contributed by atoms with E-state index in [2.05, 4.69) is 0 Å². The minimum absolute atomic E-state index is 0.108. The van der Waals surface area contributed by atoms with E-state index in [9.17, 15) is 17.6 Å². The van der Waals surface area contributed by atoms with Crippen molar-refractivity contribution in [3.63, 3.8) is 0 Å². The molecule has 0 bridgehead atoms. The molecular formula is C11H12F4. The highest BCUT2D eigenvalue weighted by atomic mass is 19.4. The van der Waals surface area contributed by atoms with Crippen molar-refractivity contribution in [1.29, 1.82) is 0 Å². The predicted octanol–water partition coefficient (Wildman–Crippen LogP) is 4.04. The first-order valence-electron chi connectivity index (χ1n) is 4.66. The Labute approximate surface area is 85.9 Å². The highest BCUT2D eigenvalue weighted by Gasteiger charge is 2.33. The molecule has 0 spiro atoms. The Morgan fingerprint density at radius 1 is 1.20 bits per heavy atom. The summed E-state index contributed by atoms with van der Waals surface area (Å²) >= 11 is 0. The summed E-state index contributed by atoms with van der Waals surface area (Å²) in [5.41, 5.74) is -0.713. The number of rotatable bonds is 2. The van der Waals surface area contributed by atoms with Gasteiger partial charge in [0.2, 0.25) is 0 Å². The number of halogens is 4. The average molecular weight is 220 g/mol. The third kappa shape index (κ3) is 3.22. The molecule has 0 aromatic heterocycles. The first-order chi connectivity index (χ1) is 6.80. The summed E-state index contributed by atoms with van der Waals surface area (Å²) in [7, 11) is 0. The van der Waals surface area contributed by atoms with E-state index in [4.69, 9.17) is 0 Å². The van der Waals surface area contributed by atoms with E-state index in [0.29, 0.717) is 12.5 Å². The van der Waals surface area contributed by atoms with Crippen LogP contribution in [0.25, 0.3) is 0 Å². The summed E-state index contributed by atoms with van der Waals surface area (Å²) in [5.74, 6) is -0.744. The third-order valence-corrected chi connectivity index (χ3v) is 2.01. The monoisotopic (exact) mass is 220 g/mol. The Balaban J connectivity index is 3.15. The van der Waals surface area contributed by atoms with Gasteiger partial charge in [-0.05, 0) is 30.0 Å². The zero-order valence-electron chi connectivity index (χ0n) is 8.53. The van der Waals surface area contributed by atoms with Gasteiger partial charge in [-0.15, -0.1) is 0 Å². The van der Waals surface area contributed by atoms with Crippen molar-refractivity contribution in [3.8, 4) is 0 Å². The molecule has 0 aliphatic carbocycles. The van der Waals surface area contributed by atoms with E-state index in [0.717, 1.165) is 6.07 Å². The Bertz CT molecular complexity index is 339. The van der Waals surface area contributed by atoms with Crippen molar-refractivity contribution >= 4 is 0 Å². The average Bonchev–Trinajstić information content (AvgIpc) is 2.05. The lowest BCUT2D eigenvalue weighted by atomic mass is 9.97. The molecule has 0 amide bonds. The van der Waals surface area contributed by atoms with Gasteiger partial charge in [0.1, 0.15) is 5.82 Å². The molecule has 0 atom stereocenters. The molecule has 0 saturated heterocycles. The molecule has 84 valence electrons. The van der Waals surface area contributed by atoms with Crippen LogP contribution in [0.3, 0.4) is 0 Å². The van der Waals surface area contributed by atoms with E-state index >= 15 is 0 Å². The van der Waals surface area contributed by atoms with E-state index in [1.165, 1.54) is 6.07 Å². The Morgan fingerprint density at radius 3 is 2.27 bits per heavy atom. The largest absolute Gasteiger partial charge is 0.416 e. The second-order valence-corrected chi connectivity index (χ2v) is 3.90. The molecular weight excluding hydrogens is 208 g/mol. The van der Waals surface area contributed by atoms with Crippen molar-refractivity contribution < 1.29 is 17.6 Å². The first-order valence-corrected chi connectivity index (χ1v) is 4.66. The molecule has 0 aliphatic heterocycles. The fourth-order valence-electron chi connectivity index (χ4n) is 1.43. The molecule has 0 unspecified atom stereocenters. The van der Waals surface area contributed by atoms with E-state index in [1.54, 1.807) is 0 Å². The van der Waals surface area contributed by atoms with Crippen molar-refractivity contribution in [2.45, 2.75) is 26.4 Å². The van der Waals surface area contributed by atoms with E-state index in [-0.39, 0.29) is 11.5 Å². The predicted molar refractivity (Wildman–Crippen MR) is 49.9 cm³/mol. The lowest BCUT2D eigenvalue weighted by Gasteiger charge is -2.14. The van der Waals surface area contributed by atoms with Gasteiger partial charge < -0.3 is 0 Å². The van der Waals surface area contributed by atoms with Gasteiger partial charge in [0.25, 0.3) is 0 Å². The third-order valence-electron chi connectivity index (χ3n) is 2.01. The molecule has 0 heterocycles. The highest BCUT2D eigenvalue weighted by molar-refractivity contribution is 5.30. The molecule has 0 N–H and O–H groups in total. The number of alkyl halides is 3. The van der Waals surface area contributed by atoms with E-state index < -0.39 is 17.6 Å². The second-order valence-electron chi connectivity index (χ2n) is 3.90. The Morgan fingerprint density at radius 2 is 1.80 bits per heavy atom. The van der Waals surface area contributed by atoms with Crippen LogP contribution in [0.4, 0.5) is 17.6 Å². The molecule has 0 saturated carbocycles. The standard InChI is InChI=1S/C11H12F4/c1-7(2)5-8-3-4-9(12)6-10(8)11(13,14)15/h3-4,6-7H,5H2,1-2H3. The van der Waals surface area contributed by atoms with Gasteiger partial charge in [0.05, 0.1) is 5.56 Å². The maximum atomic E-state index is 12.7. The van der Waals surface area contributed by atoms with Crippen molar-refractivity contribution in [2.75, 3.05) is 0 Å². The van der Waals surface area contributed by atoms with Crippen LogP contribution in [0.5, 0.6) is 0 Å². The van der Waals surface area contributed by atoms with Gasteiger partial charge in [-0.1, -0.05) is 19.9 Å². The van der Waals surface area contributed by atoms with Crippen LogP contribution in [0.15, 0.2) is 18.2 Å². The normalized spacial score (nSPS) is 12.2. The number of hydrogen-bond donors (Lipinski definition) is 0. The van der Waals surface area contributed by atoms with Crippen molar-refractivity contribution in [3.05, 3.63) is 35.1 Å². The highest BCUT2D eigenvalue weighted by Crippen LogP contribution is 2.33. The second kappa shape index (κ2) is 4.21. The molecule has 15 heavy (non-hydrogen) atoms. The molecule has 1 rings (SSSR count). The summed E-state index contributed by atoms with van der Waals surface area (Å²) in [4.78, 5) is 0. The molecule has 4 heteroatoms. The van der Waals surface area contributed by atoms with Gasteiger partial charge >= 0.3 is 6.18 Å². The SMILES string of the molecule is CC(C)Cc1ccc(F)cc1C(F)(F)F. The minimum atomic E-state index is -4.48. The quantitative estimate of drug-likeness (QED) is 0.660. The summed E-state index contributed by atoms with van der Waals surface area (Å²) in [6.45, 7) is 3.65. The van der Waals surface area contributed by atoms with E-state index in [1.807, 2.05) is 13.8 Å². The maximum absolute atomic E-state index is 12.7. The van der Waals surface area contributed by atoms with Crippen LogP contribution < -0.4 is 0 Å². The van der Waals surface area contributed by atoms with Crippen molar-refractivity contribution in [1.82, 2.24) is 0 Å². The topological polar surface area (TPSA) is 0 Å².